The van der Waals surface area contributed by atoms with Gasteiger partial charge >= 0.3 is 5.97 Å². The van der Waals surface area contributed by atoms with Crippen LogP contribution in [0.5, 0.6) is 0 Å². The van der Waals surface area contributed by atoms with Crippen molar-refractivity contribution in [3.63, 3.8) is 0 Å². The molecule has 0 fully saturated rings. The first-order valence-electron chi connectivity index (χ1n) is 5.69. The number of fused-ring (bicyclic) bond motifs is 1. The maximum absolute atomic E-state index is 11.3. The standard InChI is InChI=1S/C13H11N3O3/c1-7-14-11(9-4-3-5-19-9)10-8(13(17)18)6-16(2)12(10)15-7/h3-6H,1-2H3,(H,17,18). The minimum Gasteiger partial charge on any atom is -0.478 e. The number of carboxylic acid groups (broad SMARTS) is 1. The van der Waals surface area contributed by atoms with E-state index in [9.17, 15) is 9.90 Å². The van der Waals surface area contributed by atoms with Gasteiger partial charge in [-0.25, -0.2) is 14.8 Å². The fourth-order valence-electron chi connectivity index (χ4n) is 2.13. The zero-order chi connectivity index (χ0) is 13.6. The summed E-state index contributed by atoms with van der Waals surface area (Å²) < 4.78 is 7.01. The number of carbonyl (C=O) groups is 1. The molecule has 3 aromatic rings. The van der Waals surface area contributed by atoms with E-state index in [1.165, 1.54) is 12.5 Å². The van der Waals surface area contributed by atoms with Crippen LogP contribution in [0.25, 0.3) is 22.5 Å². The molecule has 0 atom stereocenters. The maximum Gasteiger partial charge on any atom is 0.338 e. The Balaban J connectivity index is 2.46. The predicted molar refractivity (Wildman–Crippen MR) is 67.9 cm³/mol. The summed E-state index contributed by atoms with van der Waals surface area (Å²) in [7, 11) is 1.76. The van der Waals surface area contributed by atoms with Gasteiger partial charge < -0.3 is 14.1 Å². The number of hydrogen-bond donors (Lipinski definition) is 1. The largest absolute Gasteiger partial charge is 0.478 e. The van der Waals surface area contributed by atoms with Gasteiger partial charge in [0, 0.05) is 13.2 Å². The van der Waals surface area contributed by atoms with Gasteiger partial charge in [-0.05, 0) is 19.1 Å². The van der Waals surface area contributed by atoms with Crippen molar-refractivity contribution < 1.29 is 14.3 Å². The third-order valence-corrected chi connectivity index (χ3v) is 2.91. The topological polar surface area (TPSA) is 81.1 Å². The molecule has 0 spiro atoms. The molecule has 1 N–H and O–H groups in total. The smallest absolute Gasteiger partial charge is 0.338 e. The summed E-state index contributed by atoms with van der Waals surface area (Å²) in [6.45, 7) is 1.76. The van der Waals surface area contributed by atoms with Gasteiger partial charge in [0.1, 0.15) is 17.2 Å². The Bertz CT molecular complexity index is 772. The Hall–Kier alpha value is -2.63. The van der Waals surface area contributed by atoms with Gasteiger partial charge in [-0.2, -0.15) is 0 Å². The van der Waals surface area contributed by atoms with Crippen LogP contribution in [0.2, 0.25) is 0 Å². The highest BCUT2D eigenvalue weighted by Crippen LogP contribution is 2.30. The van der Waals surface area contributed by atoms with Crippen LogP contribution in [0.15, 0.2) is 29.0 Å². The summed E-state index contributed by atoms with van der Waals surface area (Å²) in [6.07, 6.45) is 3.07. The summed E-state index contributed by atoms with van der Waals surface area (Å²) in [6, 6.07) is 3.49. The molecule has 6 heteroatoms. The molecule has 3 heterocycles. The molecule has 3 rings (SSSR count). The minimum atomic E-state index is -1.01. The molecule has 0 saturated carbocycles. The third-order valence-electron chi connectivity index (χ3n) is 2.91. The van der Waals surface area contributed by atoms with Crippen LogP contribution in [0.1, 0.15) is 16.2 Å². The lowest BCUT2D eigenvalue weighted by atomic mass is 10.1. The van der Waals surface area contributed by atoms with Crippen molar-refractivity contribution in [1.29, 1.82) is 0 Å². The third kappa shape index (κ3) is 1.69. The number of hydrogen-bond acceptors (Lipinski definition) is 4. The molecule has 0 saturated heterocycles. The molecule has 0 aromatic carbocycles. The second-order valence-corrected chi connectivity index (χ2v) is 4.25. The Morgan fingerprint density at radius 3 is 2.84 bits per heavy atom. The highest BCUT2D eigenvalue weighted by Gasteiger charge is 2.21. The molecule has 0 radical (unpaired) electrons. The van der Waals surface area contributed by atoms with E-state index in [1.54, 1.807) is 30.7 Å². The average Bonchev–Trinajstić information content (AvgIpc) is 2.97. The Morgan fingerprint density at radius 1 is 1.42 bits per heavy atom. The van der Waals surface area contributed by atoms with Crippen LogP contribution in [0.4, 0.5) is 0 Å². The highest BCUT2D eigenvalue weighted by molar-refractivity contribution is 6.07. The first kappa shape index (κ1) is 11.5. The van der Waals surface area contributed by atoms with E-state index >= 15 is 0 Å². The van der Waals surface area contributed by atoms with E-state index in [0.717, 1.165) is 0 Å². The van der Waals surface area contributed by atoms with E-state index in [4.69, 9.17) is 4.42 Å². The molecule has 0 bridgehead atoms. The minimum absolute atomic E-state index is 0.170. The summed E-state index contributed by atoms with van der Waals surface area (Å²) in [5.41, 5.74) is 1.26. The lowest BCUT2D eigenvalue weighted by Gasteiger charge is -2.03. The SMILES string of the molecule is Cc1nc(-c2ccco2)c2c(C(=O)O)cn(C)c2n1. The van der Waals surface area contributed by atoms with Crippen LogP contribution >= 0.6 is 0 Å². The molecule has 0 amide bonds. The van der Waals surface area contributed by atoms with Gasteiger partial charge in [0.25, 0.3) is 0 Å². The van der Waals surface area contributed by atoms with E-state index in [0.29, 0.717) is 28.3 Å². The number of aromatic nitrogens is 3. The summed E-state index contributed by atoms with van der Waals surface area (Å²) in [5, 5.41) is 9.78. The number of carboxylic acids is 1. The van der Waals surface area contributed by atoms with Crippen LogP contribution < -0.4 is 0 Å². The Labute approximate surface area is 108 Å². The summed E-state index contributed by atoms with van der Waals surface area (Å²) in [5.74, 6) is 0.0899. The van der Waals surface area contributed by atoms with Crippen LogP contribution in [-0.2, 0) is 7.05 Å². The van der Waals surface area contributed by atoms with Crippen LogP contribution in [-0.4, -0.2) is 25.6 Å². The number of aromatic carboxylic acids is 1. The van der Waals surface area contributed by atoms with Crippen LogP contribution in [0, 0.1) is 6.92 Å². The summed E-state index contributed by atoms with van der Waals surface area (Å²) >= 11 is 0. The van der Waals surface area contributed by atoms with Gasteiger partial charge in [-0.1, -0.05) is 0 Å². The fraction of sp³-hybridized carbons (Fsp3) is 0.154. The van der Waals surface area contributed by atoms with Crippen molar-refractivity contribution in [2.75, 3.05) is 0 Å². The van der Waals surface area contributed by atoms with Gasteiger partial charge in [0.15, 0.2) is 5.76 Å². The fourth-order valence-corrected chi connectivity index (χ4v) is 2.13. The molecule has 6 nitrogen and oxygen atoms in total. The maximum atomic E-state index is 11.3. The second kappa shape index (κ2) is 3.94. The average molecular weight is 257 g/mol. The monoisotopic (exact) mass is 257 g/mol. The Kier molecular flexibility index (Phi) is 2.38. The molecule has 3 aromatic heterocycles. The number of furan rings is 1. The molecular weight excluding hydrogens is 246 g/mol. The van der Waals surface area contributed by atoms with Crippen molar-refractivity contribution >= 4 is 17.0 Å². The molecule has 0 aliphatic carbocycles. The zero-order valence-electron chi connectivity index (χ0n) is 10.4. The van der Waals surface area contributed by atoms with E-state index in [-0.39, 0.29) is 5.56 Å². The van der Waals surface area contributed by atoms with Crippen molar-refractivity contribution in [2.24, 2.45) is 7.05 Å². The summed E-state index contributed by atoms with van der Waals surface area (Å²) in [4.78, 5) is 19.9. The predicted octanol–water partition coefficient (Wildman–Crippen LogP) is 2.23. The van der Waals surface area contributed by atoms with Crippen LogP contribution in [0.3, 0.4) is 0 Å². The van der Waals surface area contributed by atoms with E-state index < -0.39 is 5.97 Å². The molecular formula is C13H11N3O3. The Morgan fingerprint density at radius 2 is 2.21 bits per heavy atom. The first-order valence-corrected chi connectivity index (χ1v) is 5.69. The molecule has 0 aliphatic rings. The number of nitrogens with zero attached hydrogens (tertiary/aromatic N) is 3. The lowest BCUT2D eigenvalue weighted by molar-refractivity contribution is 0.0699. The first-order chi connectivity index (χ1) is 9.08. The molecule has 96 valence electrons. The normalized spacial score (nSPS) is 11.1. The van der Waals surface area contributed by atoms with Crippen molar-refractivity contribution in [3.05, 3.63) is 36.0 Å². The highest BCUT2D eigenvalue weighted by atomic mass is 16.4. The number of aryl methyl sites for hydroxylation is 2. The van der Waals surface area contributed by atoms with Crippen molar-refractivity contribution in [1.82, 2.24) is 14.5 Å². The van der Waals surface area contributed by atoms with Crippen molar-refractivity contribution in [3.8, 4) is 11.5 Å². The molecule has 0 aliphatic heterocycles. The van der Waals surface area contributed by atoms with Gasteiger partial charge in [0.2, 0.25) is 0 Å². The molecule has 0 unspecified atom stereocenters. The number of rotatable bonds is 2. The lowest BCUT2D eigenvalue weighted by Crippen LogP contribution is -1.98. The quantitative estimate of drug-likeness (QED) is 0.761. The second-order valence-electron chi connectivity index (χ2n) is 4.25. The van der Waals surface area contributed by atoms with E-state index in [2.05, 4.69) is 9.97 Å². The van der Waals surface area contributed by atoms with Gasteiger partial charge in [-0.3, -0.25) is 0 Å². The zero-order valence-corrected chi connectivity index (χ0v) is 10.4. The van der Waals surface area contributed by atoms with Gasteiger partial charge in [0.05, 0.1) is 17.2 Å². The van der Waals surface area contributed by atoms with Crippen molar-refractivity contribution in [2.45, 2.75) is 6.92 Å². The molecule has 19 heavy (non-hydrogen) atoms. The van der Waals surface area contributed by atoms with E-state index in [1.807, 2.05) is 0 Å². The van der Waals surface area contributed by atoms with Gasteiger partial charge in [-0.15, -0.1) is 0 Å².